The normalized spacial score (nSPS) is 11.4. The Morgan fingerprint density at radius 3 is 2.59 bits per heavy atom. The summed E-state index contributed by atoms with van der Waals surface area (Å²) in [7, 11) is 0. The minimum Gasteiger partial charge on any atom is -0.492 e. The third kappa shape index (κ3) is 7.62. The zero-order valence-corrected chi connectivity index (χ0v) is 20.7. The second kappa shape index (κ2) is 13.2. The van der Waals surface area contributed by atoms with Crippen molar-refractivity contribution in [2.45, 2.75) is 32.6 Å². The minimum absolute atomic E-state index is 0. The number of aliphatic carboxylic acids is 1. The first-order valence-electron chi connectivity index (χ1n) is 10.6. The molecule has 1 aromatic heterocycles. The van der Waals surface area contributed by atoms with Gasteiger partial charge in [-0.3, -0.25) is 14.6 Å². The van der Waals surface area contributed by atoms with Crippen molar-refractivity contribution < 1.29 is 49.0 Å². The van der Waals surface area contributed by atoms with E-state index in [1.165, 1.54) is 0 Å². The number of rotatable bonds is 11. The fraction of sp³-hybridized carbons (Fsp3) is 0.320. The van der Waals surface area contributed by atoms with Crippen molar-refractivity contribution in [3.05, 3.63) is 71.9 Å². The molecule has 1 heterocycles. The number of nitrogens with zero attached hydrogens (tertiary/aromatic N) is 1. The molecule has 2 aromatic carbocycles. The van der Waals surface area contributed by atoms with Crippen molar-refractivity contribution in [2.24, 2.45) is 5.92 Å². The van der Waals surface area contributed by atoms with E-state index in [-0.39, 0.29) is 41.4 Å². The third-order valence-electron chi connectivity index (χ3n) is 5.17. The molecule has 0 aliphatic carbocycles. The number of carboxylic acid groups (broad SMARTS) is 1. The molecule has 1 unspecified atom stereocenters. The van der Waals surface area contributed by atoms with E-state index in [1.54, 1.807) is 6.20 Å². The molecule has 0 saturated heterocycles. The van der Waals surface area contributed by atoms with Gasteiger partial charge in [-0.1, -0.05) is 50.1 Å². The number of benzene rings is 2. The van der Waals surface area contributed by atoms with Crippen LogP contribution in [0.5, 0.6) is 5.75 Å². The van der Waals surface area contributed by atoms with E-state index in [9.17, 15) is 14.7 Å². The summed E-state index contributed by atoms with van der Waals surface area (Å²) in [5.41, 5.74) is 2.35. The molecule has 2 N–H and O–H groups in total. The molecule has 0 saturated carbocycles. The number of pyridine rings is 1. The fourth-order valence-corrected chi connectivity index (χ4v) is 3.40. The van der Waals surface area contributed by atoms with Gasteiger partial charge in [-0.2, -0.15) is 0 Å². The van der Waals surface area contributed by atoms with Gasteiger partial charge in [0.15, 0.2) is 0 Å². The maximum atomic E-state index is 12.3. The van der Waals surface area contributed by atoms with E-state index >= 15 is 0 Å². The summed E-state index contributed by atoms with van der Waals surface area (Å²) in [4.78, 5) is 28.0. The van der Waals surface area contributed by atoms with Crippen LogP contribution < -0.4 is 39.6 Å². The van der Waals surface area contributed by atoms with Crippen LogP contribution in [0.25, 0.3) is 10.9 Å². The average Bonchev–Trinajstić information content (AvgIpc) is 2.79. The number of fused-ring (bicyclic) bond motifs is 1. The van der Waals surface area contributed by atoms with Crippen LogP contribution in [0.2, 0.25) is 0 Å². The monoisotopic (exact) mass is 443 g/mol. The number of amides is 1. The van der Waals surface area contributed by atoms with Crippen molar-refractivity contribution in [1.82, 2.24) is 10.3 Å². The van der Waals surface area contributed by atoms with Gasteiger partial charge in [0.2, 0.25) is 0 Å². The molecule has 3 rings (SSSR count). The third-order valence-corrected chi connectivity index (χ3v) is 5.17. The van der Waals surface area contributed by atoms with Crippen molar-refractivity contribution >= 4 is 22.8 Å². The molecule has 7 heteroatoms. The van der Waals surface area contributed by atoms with E-state index in [4.69, 9.17) is 4.74 Å². The molecule has 3 aromatic rings. The Balaban J connectivity index is 0.00000363. The summed E-state index contributed by atoms with van der Waals surface area (Å²) in [6.07, 6.45) is 4.69. The molecule has 1 amide bonds. The molecular formula is C25H28N2NaO4+. The van der Waals surface area contributed by atoms with Gasteiger partial charge >= 0.3 is 35.5 Å². The van der Waals surface area contributed by atoms with Gasteiger partial charge < -0.3 is 15.2 Å². The average molecular weight is 443 g/mol. The summed E-state index contributed by atoms with van der Waals surface area (Å²) >= 11 is 0. The predicted octanol–water partition coefficient (Wildman–Crippen LogP) is 1.48. The molecular weight excluding hydrogens is 415 g/mol. The Morgan fingerprint density at radius 2 is 1.88 bits per heavy atom. The van der Waals surface area contributed by atoms with Crippen LogP contribution >= 0.6 is 0 Å². The Labute approximate surface area is 210 Å². The number of para-hydroxylation sites is 1. The van der Waals surface area contributed by atoms with Gasteiger partial charge in [0.1, 0.15) is 12.4 Å². The number of unbranched alkanes of at least 4 members (excludes halogenated alkanes) is 1. The Hall–Kier alpha value is -2.41. The number of nitrogens with one attached hydrogen (secondary N) is 1. The van der Waals surface area contributed by atoms with Gasteiger partial charge in [0.25, 0.3) is 5.91 Å². The van der Waals surface area contributed by atoms with E-state index in [1.807, 2.05) is 54.6 Å². The molecule has 162 valence electrons. The summed E-state index contributed by atoms with van der Waals surface area (Å²) in [5.74, 6) is -0.604. The molecule has 0 radical (unpaired) electrons. The molecule has 0 aliphatic heterocycles. The number of hydrogen-bond acceptors (Lipinski definition) is 4. The Kier molecular flexibility index (Phi) is 10.7. The summed E-state index contributed by atoms with van der Waals surface area (Å²) in [5, 5.41) is 13.1. The van der Waals surface area contributed by atoms with Crippen molar-refractivity contribution in [2.75, 3.05) is 13.2 Å². The first-order chi connectivity index (χ1) is 15.1. The summed E-state index contributed by atoms with van der Waals surface area (Å²) in [6, 6.07) is 17.0. The number of hydrogen-bond donors (Lipinski definition) is 2. The number of aromatic nitrogens is 1. The zero-order chi connectivity index (χ0) is 22.1. The molecule has 32 heavy (non-hydrogen) atoms. The smallest absolute Gasteiger partial charge is 0.492 e. The summed E-state index contributed by atoms with van der Waals surface area (Å²) < 4.78 is 5.69. The van der Waals surface area contributed by atoms with Crippen LogP contribution in [-0.4, -0.2) is 35.1 Å². The molecule has 0 aliphatic rings. The maximum Gasteiger partial charge on any atom is 1.00 e. The van der Waals surface area contributed by atoms with Crippen LogP contribution in [0.15, 0.2) is 60.8 Å². The molecule has 6 nitrogen and oxygen atoms in total. The van der Waals surface area contributed by atoms with Crippen LogP contribution in [-0.2, 0) is 11.2 Å². The largest absolute Gasteiger partial charge is 1.00 e. The summed E-state index contributed by atoms with van der Waals surface area (Å²) in [6.45, 7) is 2.76. The SMILES string of the molecule is CCCCC(Cc1ccc(OCCNC(=O)c2cnc3ccccc3c2)cc1)C(=O)O.[Na+]. The van der Waals surface area contributed by atoms with Gasteiger partial charge in [-0.25, -0.2) is 0 Å². The topological polar surface area (TPSA) is 88.5 Å². The predicted molar refractivity (Wildman–Crippen MR) is 120 cm³/mol. The van der Waals surface area contributed by atoms with Crippen molar-refractivity contribution in [3.63, 3.8) is 0 Å². The number of carbonyl (C=O) groups excluding carboxylic acids is 1. The van der Waals surface area contributed by atoms with Crippen LogP contribution in [0, 0.1) is 5.92 Å². The standard InChI is InChI=1S/C25H28N2O4.Na/c1-2-3-6-20(25(29)30)15-18-9-11-22(12-10-18)31-14-13-26-24(28)21-16-19-7-4-5-8-23(19)27-17-21;/h4-5,7-12,16-17,20H,2-3,6,13-15H2,1H3,(H,26,28)(H,29,30);/q;+1. The molecule has 0 spiro atoms. The maximum absolute atomic E-state index is 12.3. The zero-order valence-electron chi connectivity index (χ0n) is 18.7. The van der Waals surface area contributed by atoms with Crippen LogP contribution in [0.3, 0.4) is 0 Å². The first-order valence-corrected chi connectivity index (χ1v) is 10.6. The van der Waals surface area contributed by atoms with E-state index < -0.39 is 5.97 Å². The van der Waals surface area contributed by atoms with Gasteiger partial charge in [0.05, 0.1) is 23.5 Å². The van der Waals surface area contributed by atoms with E-state index in [0.29, 0.717) is 37.3 Å². The molecule has 1 atom stereocenters. The van der Waals surface area contributed by atoms with E-state index in [2.05, 4.69) is 17.2 Å². The second-order valence-corrected chi connectivity index (χ2v) is 7.55. The Morgan fingerprint density at radius 1 is 1.12 bits per heavy atom. The second-order valence-electron chi connectivity index (χ2n) is 7.55. The van der Waals surface area contributed by atoms with Crippen LogP contribution in [0.1, 0.15) is 42.1 Å². The molecule has 0 bridgehead atoms. The number of ether oxygens (including phenoxy) is 1. The van der Waals surface area contributed by atoms with Crippen molar-refractivity contribution in [1.29, 1.82) is 0 Å². The van der Waals surface area contributed by atoms with Gasteiger partial charge in [-0.05, 0) is 42.7 Å². The minimum atomic E-state index is -0.744. The molecule has 0 fully saturated rings. The van der Waals surface area contributed by atoms with Gasteiger partial charge in [0, 0.05) is 11.6 Å². The van der Waals surface area contributed by atoms with Crippen LogP contribution in [0.4, 0.5) is 0 Å². The Bertz CT molecular complexity index is 1020. The number of carboxylic acids is 1. The quantitative estimate of drug-likeness (QED) is 0.346. The first kappa shape index (κ1) is 25.8. The van der Waals surface area contributed by atoms with Gasteiger partial charge in [-0.15, -0.1) is 0 Å². The van der Waals surface area contributed by atoms with Crippen molar-refractivity contribution in [3.8, 4) is 5.75 Å². The fourth-order valence-electron chi connectivity index (χ4n) is 3.40. The number of carbonyl (C=O) groups is 2. The van der Waals surface area contributed by atoms with E-state index in [0.717, 1.165) is 29.3 Å².